The number of aromatic amines is 1. The van der Waals surface area contributed by atoms with Crippen molar-refractivity contribution in [3.8, 4) is 0 Å². The number of hydrogen-bond acceptors (Lipinski definition) is 4. The molecule has 0 amide bonds. The van der Waals surface area contributed by atoms with E-state index in [1.165, 1.54) is 0 Å². The number of nitrogens with one attached hydrogen (secondary N) is 2. The third-order valence-electron chi connectivity index (χ3n) is 2.29. The Balaban J connectivity index is 2.10. The Morgan fingerprint density at radius 1 is 1.24 bits per heavy atom. The van der Waals surface area contributed by atoms with Crippen LogP contribution in [0.3, 0.4) is 0 Å². The van der Waals surface area contributed by atoms with E-state index in [0.29, 0.717) is 5.82 Å². The highest BCUT2D eigenvalue weighted by molar-refractivity contribution is 14.1. The molecule has 2 heterocycles. The Morgan fingerprint density at radius 2 is 2.18 bits per heavy atom. The van der Waals surface area contributed by atoms with E-state index in [9.17, 15) is 0 Å². The van der Waals surface area contributed by atoms with Gasteiger partial charge in [0, 0.05) is 21.2 Å². The lowest BCUT2D eigenvalue weighted by Crippen LogP contribution is -1.96. The molecule has 3 aromatic rings. The van der Waals surface area contributed by atoms with Crippen LogP contribution < -0.4 is 5.32 Å². The maximum absolute atomic E-state index is 4.12. The van der Waals surface area contributed by atoms with Crippen LogP contribution in [0.25, 0.3) is 10.9 Å². The van der Waals surface area contributed by atoms with Crippen molar-refractivity contribution in [1.82, 2.24) is 20.2 Å². The van der Waals surface area contributed by atoms with Gasteiger partial charge in [-0.1, -0.05) is 0 Å². The minimum absolute atomic E-state index is 0.707. The Morgan fingerprint density at radius 3 is 3.00 bits per heavy atom. The highest BCUT2D eigenvalue weighted by Gasteiger charge is 2.05. The zero-order valence-corrected chi connectivity index (χ0v) is 10.8. The maximum atomic E-state index is 4.12. The number of aromatic nitrogens is 4. The number of hydrogen-bond donors (Lipinski definition) is 2. The van der Waals surface area contributed by atoms with E-state index in [2.05, 4.69) is 54.4 Å². The molecule has 0 fully saturated rings. The van der Waals surface area contributed by atoms with Gasteiger partial charge in [0.1, 0.15) is 5.82 Å². The second-order valence-corrected chi connectivity index (χ2v) is 4.66. The first-order valence-corrected chi connectivity index (χ1v) is 6.01. The number of H-pyrrole nitrogens is 1. The molecule has 0 saturated carbocycles. The summed E-state index contributed by atoms with van der Waals surface area (Å²) >= 11 is 2.25. The van der Waals surface area contributed by atoms with Crippen LogP contribution in [0, 0.1) is 9.90 Å². The molecule has 0 aliphatic carbocycles. The van der Waals surface area contributed by atoms with Crippen LogP contribution in [0.1, 0.15) is 0 Å². The highest BCUT2D eigenvalue weighted by Crippen LogP contribution is 2.22. The molecule has 0 unspecified atom stereocenters. The molecule has 0 aliphatic heterocycles. The van der Waals surface area contributed by atoms with Gasteiger partial charge < -0.3 is 5.32 Å². The van der Waals surface area contributed by atoms with Crippen molar-refractivity contribution in [3.63, 3.8) is 0 Å². The van der Waals surface area contributed by atoms with Gasteiger partial charge in [0.05, 0.1) is 5.52 Å². The van der Waals surface area contributed by atoms with Crippen molar-refractivity contribution in [1.29, 1.82) is 0 Å². The number of rotatable bonds is 2. The zero-order valence-electron chi connectivity index (χ0n) is 8.61. The molecule has 6 heteroatoms. The number of halogens is 1. The fourth-order valence-electron chi connectivity index (χ4n) is 1.53. The predicted molar refractivity (Wildman–Crippen MR) is 73.0 cm³/mol. The van der Waals surface area contributed by atoms with Crippen molar-refractivity contribution < 1.29 is 0 Å². The van der Waals surface area contributed by atoms with Crippen LogP contribution in [-0.2, 0) is 0 Å². The molecule has 0 bridgehead atoms. The summed E-state index contributed by atoms with van der Waals surface area (Å²) in [4.78, 5) is 8.23. The lowest BCUT2D eigenvalue weighted by molar-refractivity contribution is 1.09. The smallest absolute Gasteiger partial charge is 0.200 e. The van der Waals surface area contributed by atoms with E-state index in [1.807, 2.05) is 24.3 Å². The van der Waals surface area contributed by atoms with Gasteiger partial charge >= 0.3 is 0 Å². The van der Waals surface area contributed by atoms with Crippen LogP contribution in [-0.4, -0.2) is 20.2 Å². The molecule has 0 atom stereocenters. The Bertz CT molecular complexity index is 650. The first-order valence-electron chi connectivity index (χ1n) is 4.93. The van der Waals surface area contributed by atoms with Gasteiger partial charge in [-0.15, -0.1) is 0 Å². The maximum Gasteiger partial charge on any atom is 0.200 e. The predicted octanol–water partition coefficient (Wildman–Crippen LogP) is 2.50. The molecule has 0 spiro atoms. The summed E-state index contributed by atoms with van der Waals surface area (Å²) in [5.41, 5.74) is 0.866. The van der Waals surface area contributed by atoms with Crippen molar-refractivity contribution in [3.05, 3.63) is 40.4 Å². The number of nitrogens with zero attached hydrogens (tertiary/aromatic N) is 3. The minimum Gasteiger partial charge on any atom is -0.323 e. The molecule has 0 aliphatic rings. The van der Waals surface area contributed by atoms with Gasteiger partial charge in [0.2, 0.25) is 0 Å². The van der Waals surface area contributed by atoms with Gasteiger partial charge in [-0.3, -0.25) is 5.10 Å². The average molecular weight is 336 g/mol. The summed E-state index contributed by atoms with van der Waals surface area (Å²) in [6.45, 7) is 0. The fraction of sp³-hybridized carbons (Fsp3) is 0. The van der Waals surface area contributed by atoms with Crippen LogP contribution in [0.15, 0.2) is 30.5 Å². The summed E-state index contributed by atoms with van der Waals surface area (Å²) < 4.78 is 1.13. The summed E-state index contributed by atoms with van der Waals surface area (Å²) in [6.07, 6.45) is 4.39. The summed E-state index contributed by atoms with van der Waals surface area (Å²) in [5, 5.41) is 10.8. The molecule has 17 heavy (non-hydrogen) atoms. The first-order chi connectivity index (χ1) is 8.33. The second kappa shape index (κ2) is 4.28. The standard InChI is InChI=1S/C11H7IN5/c12-7-1-2-8-9(5-7)13-6-14-11(8)16-10-3-4-15-17-10/h1-5H,(H2,13,14,15,16,17). The largest absolute Gasteiger partial charge is 0.323 e. The Labute approximate surface area is 111 Å². The third kappa shape index (κ3) is 2.07. The SMILES string of the molecule is Ic1ccc2c(Nc3cc[nH]n3)n[c]nc2c1. The van der Waals surface area contributed by atoms with Crippen LogP contribution in [0.5, 0.6) is 0 Å². The van der Waals surface area contributed by atoms with E-state index < -0.39 is 0 Å². The zero-order chi connectivity index (χ0) is 11.7. The van der Waals surface area contributed by atoms with Crippen molar-refractivity contribution in [2.75, 3.05) is 5.32 Å². The van der Waals surface area contributed by atoms with Gasteiger partial charge in [-0.25, -0.2) is 9.97 Å². The first kappa shape index (κ1) is 10.5. The molecule has 0 saturated heterocycles. The molecule has 5 nitrogen and oxygen atoms in total. The lowest BCUT2D eigenvalue weighted by Gasteiger charge is -2.05. The van der Waals surface area contributed by atoms with Crippen molar-refractivity contribution >= 4 is 45.1 Å². The van der Waals surface area contributed by atoms with E-state index in [4.69, 9.17) is 0 Å². The quantitative estimate of drug-likeness (QED) is 0.706. The summed E-state index contributed by atoms with van der Waals surface area (Å²) in [6, 6.07) is 7.83. The summed E-state index contributed by atoms with van der Waals surface area (Å²) in [5.74, 6) is 1.43. The molecular formula is C11H7IN5. The number of anilines is 2. The van der Waals surface area contributed by atoms with Crippen molar-refractivity contribution in [2.24, 2.45) is 0 Å². The normalized spacial score (nSPS) is 10.6. The molecule has 2 aromatic heterocycles. The molecule has 83 valence electrons. The van der Waals surface area contributed by atoms with Gasteiger partial charge in [0.25, 0.3) is 0 Å². The Hall–Kier alpha value is -1.70. The second-order valence-electron chi connectivity index (χ2n) is 3.42. The van der Waals surface area contributed by atoms with Crippen LogP contribution in [0.4, 0.5) is 11.6 Å². The third-order valence-corrected chi connectivity index (χ3v) is 2.97. The number of benzene rings is 1. The molecule has 3 rings (SSSR count). The van der Waals surface area contributed by atoms with Crippen LogP contribution in [0.2, 0.25) is 0 Å². The monoisotopic (exact) mass is 336 g/mol. The van der Waals surface area contributed by atoms with Crippen LogP contribution >= 0.6 is 22.6 Å². The molecule has 1 radical (unpaired) electrons. The topological polar surface area (TPSA) is 66.5 Å². The van der Waals surface area contributed by atoms with Gasteiger partial charge in [-0.05, 0) is 40.8 Å². The van der Waals surface area contributed by atoms with E-state index in [-0.39, 0.29) is 0 Å². The highest BCUT2D eigenvalue weighted by atomic mass is 127. The fourth-order valence-corrected chi connectivity index (χ4v) is 2.01. The average Bonchev–Trinajstić information content (AvgIpc) is 2.82. The lowest BCUT2D eigenvalue weighted by atomic mass is 10.2. The van der Waals surface area contributed by atoms with E-state index in [0.717, 1.165) is 20.3 Å². The Kier molecular flexibility index (Phi) is 2.63. The van der Waals surface area contributed by atoms with E-state index >= 15 is 0 Å². The summed E-state index contributed by atoms with van der Waals surface area (Å²) in [7, 11) is 0. The van der Waals surface area contributed by atoms with Crippen molar-refractivity contribution in [2.45, 2.75) is 0 Å². The van der Waals surface area contributed by atoms with Gasteiger partial charge in [0.15, 0.2) is 12.1 Å². The molecule has 2 N–H and O–H groups in total. The number of fused-ring (bicyclic) bond motifs is 1. The van der Waals surface area contributed by atoms with Gasteiger partial charge in [-0.2, -0.15) is 5.10 Å². The van der Waals surface area contributed by atoms with E-state index in [1.54, 1.807) is 6.20 Å². The minimum atomic E-state index is 0.707. The molecular weight excluding hydrogens is 329 g/mol. The molecule has 1 aromatic carbocycles.